The first-order valence-electron chi connectivity index (χ1n) is 3.54. The molecule has 1 aromatic heterocycles. The molecule has 0 fully saturated rings. The van der Waals surface area contributed by atoms with Crippen molar-refractivity contribution < 1.29 is 18.7 Å². The number of aromatic nitrogens is 1. The number of halogens is 2. The van der Waals surface area contributed by atoms with Gasteiger partial charge in [0.05, 0.1) is 12.1 Å². The molecule has 0 aromatic carbocycles. The summed E-state index contributed by atoms with van der Waals surface area (Å²) in [4.78, 5) is 13.8. The number of pyridine rings is 1. The third kappa shape index (κ3) is 2.77. The first-order valence-corrected chi connectivity index (χ1v) is 3.54. The summed E-state index contributed by atoms with van der Waals surface area (Å²) in [6.07, 6.45) is -1.82. The molecule has 1 heterocycles. The van der Waals surface area contributed by atoms with Gasteiger partial charge in [-0.25, -0.2) is 8.78 Å². The fraction of sp³-hybridized carbons (Fsp3) is 0.250. The van der Waals surface area contributed by atoms with Crippen LogP contribution < -0.4 is 0 Å². The minimum Gasteiger partial charge on any atom is -0.481 e. The molecule has 70 valence electrons. The van der Waals surface area contributed by atoms with Crippen molar-refractivity contribution in [1.29, 1.82) is 0 Å². The maximum atomic E-state index is 12.0. The highest BCUT2D eigenvalue weighted by Crippen LogP contribution is 2.17. The lowest BCUT2D eigenvalue weighted by Gasteiger charge is -1.99. The first kappa shape index (κ1) is 9.57. The first-order chi connectivity index (χ1) is 6.09. The van der Waals surface area contributed by atoms with Gasteiger partial charge >= 0.3 is 5.97 Å². The normalized spacial score (nSPS) is 10.4. The van der Waals surface area contributed by atoms with Gasteiger partial charge in [0.25, 0.3) is 6.43 Å². The Morgan fingerprint density at radius 2 is 2.23 bits per heavy atom. The van der Waals surface area contributed by atoms with Gasteiger partial charge in [-0.05, 0) is 12.1 Å². The zero-order valence-corrected chi connectivity index (χ0v) is 6.58. The van der Waals surface area contributed by atoms with E-state index in [1.54, 1.807) is 0 Å². The highest BCUT2D eigenvalue weighted by molar-refractivity contribution is 5.69. The number of nitrogens with zero attached hydrogens (tertiary/aromatic N) is 1. The van der Waals surface area contributed by atoms with Gasteiger partial charge in [0.2, 0.25) is 0 Å². The second kappa shape index (κ2) is 3.93. The van der Waals surface area contributed by atoms with Gasteiger partial charge in [-0.3, -0.25) is 9.78 Å². The molecule has 0 aliphatic heterocycles. The smallest absolute Gasteiger partial charge is 0.309 e. The van der Waals surface area contributed by atoms with E-state index < -0.39 is 12.4 Å². The number of carboxylic acids is 1. The zero-order chi connectivity index (χ0) is 9.84. The van der Waals surface area contributed by atoms with Crippen molar-refractivity contribution in [2.24, 2.45) is 0 Å². The predicted molar refractivity (Wildman–Crippen MR) is 40.5 cm³/mol. The summed E-state index contributed by atoms with van der Waals surface area (Å²) in [6, 6.07) is 2.46. The molecule has 3 nitrogen and oxygen atoms in total. The van der Waals surface area contributed by atoms with Crippen molar-refractivity contribution >= 4 is 5.97 Å². The fourth-order valence-corrected chi connectivity index (χ4v) is 0.825. The Hall–Kier alpha value is -1.52. The van der Waals surface area contributed by atoms with Gasteiger partial charge in [-0.15, -0.1) is 0 Å². The van der Waals surface area contributed by atoms with Crippen LogP contribution in [-0.2, 0) is 11.2 Å². The van der Waals surface area contributed by atoms with Crippen molar-refractivity contribution in [3.05, 3.63) is 29.6 Å². The molecule has 0 saturated carbocycles. The van der Waals surface area contributed by atoms with Crippen LogP contribution in [0.25, 0.3) is 0 Å². The Morgan fingerprint density at radius 1 is 1.54 bits per heavy atom. The molecule has 0 unspecified atom stereocenters. The molecule has 0 bridgehead atoms. The summed E-state index contributed by atoms with van der Waals surface area (Å²) < 4.78 is 24.0. The number of hydrogen-bond acceptors (Lipinski definition) is 2. The van der Waals surface area contributed by atoms with E-state index in [1.165, 1.54) is 12.1 Å². The molecule has 0 atom stereocenters. The van der Waals surface area contributed by atoms with E-state index in [0.29, 0.717) is 0 Å². The highest BCUT2D eigenvalue weighted by Gasteiger charge is 2.07. The van der Waals surface area contributed by atoms with E-state index in [2.05, 4.69) is 4.98 Å². The summed E-state index contributed by atoms with van der Waals surface area (Å²) in [5.74, 6) is -1.03. The quantitative estimate of drug-likeness (QED) is 0.782. The Labute approximate surface area is 73.0 Å². The molecule has 0 amide bonds. The van der Waals surface area contributed by atoms with Gasteiger partial charge in [-0.1, -0.05) is 0 Å². The average Bonchev–Trinajstić information content (AvgIpc) is 2.04. The van der Waals surface area contributed by atoms with Crippen LogP contribution in [0.5, 0.6) is 0 Å². The van der Waals surface area contributed by atoms with Crippen molar-refractivity contribution in [3.8, 4) is 0 Å². The van der Waals surface area contributed by atoms with E-state index in [9.17, 15) is 13.6 Å². The van der Waals surface area contributed by atoms with Gasteiger partial charge in [0.15, 0.2) is 0 Å². The predicted octanol–water partition coefficient (Wildman–Crippen LogP) is 1.65. The Balaban J connectivity index is 2.75. The van der Waals surface area contributed by atoms with Crippen LogP contribution in [0.3, 0.4) is 0 Å². The molecule has 0 radical (unpaired) electrons. The third-order valence-electron chi connectivity index (χ3n) is 1.43. The topological polar surface area (TPSA) is 50.2 Å². The van der Waals surface area contributed by atoms with Crippen LogP contribution >= 0.6 is 0 Å². The molecule has 5 heteroatoms. The maximum absolute atomic E-state index is 12.0. The van der Waals surface area contributed by atoms with E-state index in [1.807, 2.05) is 0 Å². The molecule has 0 spiro atoms. The molecule has 1 rings (SSSR count). The molecule has 13 heavy (non-hydrogen) atoms. The van der Waals surface area contributed by atoms with Gasteiger partial charge in [0, 0.05) is 11.8 Å². The highest BCUT2D eigenvalue weighted by atomic mass is 19.3. The summed E-state index contributed by atoms with van der Waals surface area (Å²) in [6.45, 7) is 0. The standard InChI is InChI=1S/C8H7F2NO2/c9-8(10)5-1-2-6(11-4-5)3-7(12)13/h1-2,4,8H,3H2,(H,12,13). The molecule has 1 aromatic rings. The maximum Gasteiger partial charge on any atom is 0.309 e. The van der Waals surface area contributed by atoms with Crippen LogP contribution in [0.2, 0.25) is 0 Å². The number of hydrogen-bond donors (Lipinski definition) is 1. The van der Waals surface area contributed by atoms with Gasteiger partial charge < -0.3 is 5.11 Å². The molecule has 0 saturated heterocycles. The second-order valence-corrected chi connectivity index (χ2v) is 2.45. The van der Waals surface area contributed by atoms with E-state index >= 15 is 0 Å². The van der Waals surface area contributed by atoms with Gasteiger partial charge in [-0.2, -0.15) is 0 Å². The number of carboxylic acid groups (broad SMARTS) is 1. The Kier molecular flexibility index (Phi) is 2.89. The number of rotatable bonds is 3. The van der Waals surface area contributed by atoms with Crippen LogP contribution in [0.15, 0.2) is 18.3 Å². The van der Waals surface area contributed by atoms with Crippen LogP contribution in [-0.4, -0.2) is 16.1 Å². The summed E-state index contributed by atoms with van der Waals surface area (Å²) in [7, 11) is 0. The Bertz CT molecular complexity index is 298. The lowest BCUT2D eigenvalue weighted by Crippen LogP contribution is -2.02. The molecule has 1 N–H and O–H groups in total. The zero-order valence-electron chi connectivity index (χ0n) is 6.58. The summed E-state index contributed by atoms with van der Waals surface area (Å²) >= 11 is 0. The van der Waals surface area contributed by atoms with E-state index in [4.69, 9.17) is 5.11 Å². The monoisotopic (exact) mass is 187 g/mol. The van der Waals surface area contributed by atoms with E-state index in [0.717, 1.165) is 6.20 Å². The van der Waals surface area contributed by atoms with Crippen molar-refractivity contribution in [1.82, 2.24) is 4.98 Å². The fourth-order valence-electron chi connectivity index (χ4n) is 0.825. The van der Waals surface area contributed by atoms with Crippen molar-refractivity contribution in [3.63, 3.8) is 0 Å². The Morgan fingerprint density at radius 3 is 2.62 bits per heavy atom. The van der Waals surface area contributed by atoms with Gasteiger partial charge in [0.1, 0.15) is 0 Å². The largest absolute Gasteiger partial charge is 0.481 e. The van der Waals surface area contributed by atoms with Crippen LogP contribution in [0, 0.1) is 0 Å². The van der Waals surface area contributed by atoms with Crippen molar-refractivity contribution in [2.45, 2.75) is 12.8 Å². The molecule has 0 aliphatic rings. The molecular weight excluding hydrogens is 180 g/mol. The number of alkyl halides is 2. The summed E-state index contributed by atoms with van der Waals surface area (Å²) in [5.41, 5.74) is 0.0750. The van der Waals surface area contributed by atoms with Crippen molar-refractivity contribution in [2.75, 3.05) is 0 Å². The lowest BCUT2D eigenvalue weighted by atomic mass is 10.2. The molecule has 0 aliphatic carbocycles. The van der Waals surface area contributed by atoms with E-state index in [-0.39, 0.29) is 17.7 Å². The van der Waals surface area contributed by atoms with Crippen LogP contribution in [0.4, 0.5) is 8.78 Å². The number of carbonyl (C=O) groups is 1. The minimum atomic E-state index is -2.56. The second-order valence-electron chi connectivity index (χ2n) is 2.45. The SMILES string of the molecule is O=C(O)Cc1ccc(C(F)F)cn1. The summed E-state index contributed by atoms with van der Waals surface area (Å²) in [5, 5.41) is 8.36. The number of aliphatic carboxylic acids is 1. The molecular formula is C8H7F2NO2. The minimum absolute atomic E-state index is 0.200. The third-order valence-corrected chi connectivity index (χ3v) is 1.43. The average molecular weight is 187 g/mol. The lowest BCUT2D eigenvalue weighted by molar-refractivity contribution is -0.136. The van der Waals surface area contributed by atoms with Crippen LogP contribution in [0.1, 0.15) is 17.7 Å².